The van der Waals surface area contributed by atoms with Crippen molar-refractivity contribution in [3.8, 4) is 11.1 Å². The van der Waals surface area contributed by atoms with Crippen LogP contribution in [0.15, 0.2) is 78.9 Å². The third kappa shape index (κ3) is 4.36. The summed E-state index contributed by atoms with van der Waals surface area (Å²) < 4.78 is 0. The number of benzene rings is 3. The normalized spacial score (nSPS) is 10.2. The lowest BCUT2D eigenvalue weighted by Gasteiger charge is -2.09. The van der Waals surface area contributed by atoms with Gasteiger partial charge in [-0.3, -0.25) is 20.4 Å². The molecule has 2 amide bonds. The van der Waals surface area contributed by atoms with E-state index in [1.807, 2.05) is 73.7 Å². The van der Waals surface area contributed by atoms with Crippen LogP contribution in [0, 0.1) is 6.92 Å². The minimum Gasteiger partial charge on any atom is -0.273 e. The number of aryl methyl sites for hydroxylation is 1. The molecule has 0 aliphatic rings. The van der Waals surface area contributed by atoms with Crippen molar-refractivity contribution in [2.24, 2.45) is 0 Å². The molecule has 0 aliphatic heterocycles. The minimum absolute atomic E-state index is 0.198. The number of carbonyl (C=O) groups is 2. The van der Waals surface area contributed by atoms with Crippen LogP contribution in [0.25, 0.3) is 11.1 Å². The first kappa shape index (κ1) is 17.4. The molecule has 26 heavy (non-hydrogen) atoms. The van der Waals surface area contributed by atoms with Gasteiger partial charge < -0.3 is 0 Å². The highest BCUT2D eigenvalue weighted by molar-refractivity contribution is 5.96. The maximum absolute atomic E-state index is 12.1. The Morgan fingerprint density at radius 3 is 2.04 bits per heavy atom. The zero-order valence-electron chi connectivity index (χ0n) is 14.5. The topological polar surface area (TPSA) is 58.2 Å². The summed E-state index contributed by atoms with van der Waals surface area (Å²) >= 11 is 0. The highest BCUT2D eigenvalue weighted by Gasteiger charge is 2.10. The van der Waals surface area contributed by atoms with Crippen LogP contribution in [0.3, 0.4) is 0 Å². The second-order valence-electron chi connectivity index (χ2n) is 6.06. The Kier molecular flexibility index (Phi) is 5.44. The van der Waals surface area contributed by atoms with Crippen molar-refractivity contribution in [3.63, 3.8) is 0 Å². The van der Waals surface area contributed by atoms with Crippen molar-refractivity contribution in [2.75, 3.05) is 0 Å². The van der Waals surface area contributed by atoms with Gasteiger partial charge in [-0.2, -0.15) is 0 Å². The standard InChI is InChI=1S/C22H20N2O2/c1-16-7-5-6-10-20(16)22(26)24-23-21(25)15-17-11-13-19(14-12-17)18-8-3-2-4-9-18/h2-14H,15H2,1H3,(H,23,25)(H,24,26). The van der Waals surface area contributed by atoms with E-state index in [2.05, 4.69) is 10.9 Å². The molecule has 0 atom stereocenters. The van der Waals surface area contributed by atoms with Crippen LogP contribution < -0.4 is 10.9 Å². The number of hydrogen-bond donors (Lipinski definition) is 2. The van der Waals surface area contributed by atoms with Gasteiger partial charge in [0.25, 0.3) is 5.91 Å². The van der Waals surface area contributed by atoms with Crippen LogP contribution >= 0.6 is 0 Å². The van der Waals surface area contributed by atoms with E-state index in [1.54, 1.807) is 12.1 Å². The SMILES string of the molecule is Cc1ccccc1C(=O)NNC(=O)Cc1ccc(-c2ccccc2)cc1. The van der Waals surface area contributed by atoms with Gasteiger partial charge in [0, 0.05) is 5.56 Å². The van der Waals surface area contributed by atoms with E-state index in [-0.39, 0.29) is 18.2 Å². The van der Waals surface area contributed by atoms with Crippen LogP contribution in [0.1, 0.15) is 21.5 Å². The Hall–Kier alpha value is -3.40. The molecule has 0 heterocycles. The lowest BCUT2D eigenvalue weighted by Crippen LogP contribution is -2.42. The summed E-state index contributed by atoms with van der Waals surface area (Å²) in [6, 6.07) is 25.1. The number of hydrazine groups is 1. The molecular weight excluding hydrogens is 324 g/mol. The molecule has 0 saturated carbocycles. The fourth-order valence-electron chi connectivity index (χ4n) is 2.70. The number of nitrogens with one attached hydrogen (secondary N) is 2. The molecule has 0 aliphatic carbocycles. The van der Waals surface area contributed by atoms with E-state index >= 15 is 0 Å². The molecule has 3 aromatic rings. The molecule has 0 spiro atoms. The lowest BCUT2D eigenvalue weighted by atomic mass is 10.0. The molecule has 3 rings (SSSR count). The molecule has 0 radical (unpaired) electrons. The first-order valence-electron chi connectivity index (χ1n) is 8.42. The molecule has 0 unspecified atom stereocenters. The number of amides is 2. The summed E-state index contributed by atoms with van der Waals surface area (Å²) in [6.45, 7) is 1.85. The van der Waals surface area contributed by atoms with Gasteiger partial charge in [0.1, 0.15) is 0 Å². The third-order valence-corrected chi connectivity index (χ3v) is 4.13. The quantitative estimate of drug-likeness (QED) is 0.710. The van der Waals surface area contributed by atoms with Gasteiger partial charge in [0.15, 0.2) is 0 Å². The van der Waals surface area contributed by atoms with E-state index < -0.39 is 0 Å². The molecule has 0 fully saturated rings. The second kappa shape index (κ2) is 8.12. The Labute approximate surface area is 152 Å². The summed E-state index contributed by atoms with van der Waals surface area (Å²) in [5.74, 6) is -0.588. The van der Waals surface area contributed by atoms with Crippen LogP contribution in [-0.4, -0.2) is 11.8 Å². The Balaban J connectivity index is 1.55. The van der Waals surface area contributed by atoms with Crippen molar-refractivity contribution in [1.29, 1.82) is 0 Å². The van der Waals surface area contributed by atoms with Crippen LogP contribution in [0.2, 0.25) is 0 Å². The number of carbonyl (C=O) groups excluding carboxylic acids is 2. The van der Waals surface area contributed by atoms with Crippen LogP contribution in [-0.2, 0) is 11.2 Å². The molecule has 4 heteroatoms. The van der Waals surface area contributed by atoms with E-state index in [0.29, 0.717) is 5.56 Å². The molecule has 0 bridgehead atoms. The van der Waals surface area contributed by atoms with E-state index in [0.717, 1.165) is 22.3 Å². The Bertz CT molecular complexity index is 903. The summed E-state index contributed by atoms with van der Waals surface area (Å²) in [6.07, 6.45) is 0.198. The van der Waals surface area contributed by atoms with Crippen molar-refractivity contribution in [2.45, 2.75) is 13.3 Å². The predicted octanol–water partition coefficient (Wildman–Crippen LogP) is 3.67. The average Bonchev–Trinajstić information content (AvgIpc) is 2.68. The first-order valence-corrected chi connectivity index (χ1v) is 8.42. The zero-order chi connectivity index (χ0) is 18.4. The molecule has 4 nitrogen and oxygen atoms in total. The van der Waals surface area contributed by atoms with Crippen LogP contribution in [0.5, 0.6) is 0 Å². The van der Waals surface area contributed by atoms with Gasteiger partial charge in [-0.1, -0.05) is 72.8 Å². The van der Waals surface area contributed by atoms with Gasteiger partial charge in [-0.05, 0) is 35.2 Å². The summed E-state index contributed by atoms with van der Waals surface area (Å²) in [5, 5.41) is 0. The van der Waals surface area contributed by atoms with E-state index in [4.69, 9.17) is 0 Å². The number of hydrogen-bond acceptors (Lipinski definition) is 2. The van der Waals surface area contributed by atoms with Gasteiger partial charge in [0.2, 0.25) is 5.91 Å². The van der Waals surface area contributed by atoms with E-state index in [9.17, 15) is 9.59 Å². The molecule has 3 aromatic carbocycles. The number of rotatable bonds is 4. The van der Waals surface area contributed by atoms with Crippen molar-refractivity contribution >= 4 is 11.8 Å². The lowest BCUT2D eigenvalue weighted by molar-refractivity contribution is -0.121. The van der Waals surface area contributed by atoms with Crippen molar-refractivity contribution in [1.82, 2.24) is 10.9 Å². The van der Waals surface area contributed by atoms with Gasteiger partial charge in [-0.25, -0.2) is 0 Å². The van der Waals surface area contributed by atoms with Crippen molar-refractivity contribution in [3.05, 3.63) is 95.6 Å². The largest absolute Gasteiger partial charge is 0.273 e. The maximum atomic E-state index is 12.1. The average molecular weight is 344 g/mol. The second-order valence-corrected chi connectivity index (χ2v) is 6.06. The first-order chi connectivity index (χ1) is 12.6. The Morgan fingerprint density at radius 1 is 0.731 bits per heavy atom. The van der Waals surface area contributed by atoms with Crippen molar-refractivity contribution < 1.29 is 9.59 Å². The van der Waals surface area contributed by atoms with Gasteiger partial charge >= 0.3 is 0 Å². The summed E-state index contributed by atoms with van der Waals surface area (Å²) in [4.78, 5) is 24.2. The molecule has 2 N–H and O–H groups in total. The highest BCUT2D eigenvalue weighted by atomic mass is 16.2. The van der Waals surface area contributed by atoms with Crippen LogP contribution in [0.4, 0.5) is 0 Å². The predicted molar refractivity (Wildman–Crippen MR) is 102 cm³/mol. The highest BCUT2D eigenvalue weighted by Crippen LogP contribution is 2.19. The van der Waals surface area contributed by atoms with Gasteiger partial charge in [0.05, 0.1) is 6.42 Å². The fraction of sp³-hybridized carbons (Fsp3) is 0.0909. The fourth-order valence-corrected chi connectivity index (χ4v) is 2.70. The maximum Gasteiger partial charge on any atom is 0.269 e. The minimum atomic E-state index is -0.323. The van der Waals surface area contributed by atoms with E-state index in [1.165, 1.54) is 0 Å². The zero-order valence-corrected chi connectivity index (χ0v) is 14.5. The molecule has 130 valence electrons. The third-order valence-electron chi connectivity index (χ3n) is 4.13. The van der Waals surface area contributed by atoms with Gasteiger partial charge in [-0.15, -0.1) is 0 Å². The molecular formula is C22H20N2O2. The monoisotopic (exact) mass is 344 g/mol. The molecule has 0 saturated heterocycles. The Morgan fingerprint density at radius 2 is 1.35 bits per heavy atom. The smallest absolute Gasteiger partial charge is 0.269 e. The summed E-state index contributed by atoms with van der Waals surface area (Å²) in [5.41, 5.74) is 9.44. The summed E-state index contributed by atoms with van der Waals surface area (Å²) in [7, 11) is 0. The molecule has 0 aromatic heterocycles.